The summed E-state index contributed by atoms with van der Waals surface area (Å²) in [7, 11) is 0. The summed E-state index contributed by atoms with van der Waals surface area (Å²) < 4.78 is 1.88. The molecule has 0 bridgehead atoms. The highest BCUT2D eigenvalue weighted by atomic mass is 16.3. The van der Waals surface area contributed by atoms with Crippen molar-refractivity contribution >= 4 is 5.82 Å². The van der Waals surface area contributed by atoms with Crippen LogP contribution in [-0.2, 0) is 0 Å². The third-order valence-electron chi connectivity index (χ3n) is 3.37. The molecular weight excluding hydrogens is 238 g/mol. The first-order valence-corrected chi connectivity index (χ1v) is 6.36. The van der Waals surface area contributed by atoms with Gasteiger partial charge in [0.1, 0.15) is 6.23 Å². The van der Waals surface area contributed by atoms with Gasteiger partial charge in [-0.05, 0) is 30.9 Å². The van der Waals surface area contributed by atoms with Crippen LogP contribution in [0.1, 0.15) is 18.7 Å². The van der Waals surface area contributed by atoms with E-state index >= 15 is 0 Å². The first-order chi connectivity index (χ1) is 9.29. The lowest BCUT2D eigenvalue weighted by molar-refractivity contribution is 0.185. The molecule has 3 rings (SSSR count). The lowest BCUT2D eigenvalue weighted by Crippen LogP contribution is -2.28. The van der Waals surface area contributed by atoms with E-state index in [1.807, 2.05) is 46.0 Å². The fourth-order valence-electron chi connectivity index (χ4n) is 2.41. The number of aliphatic hydroxyl groups is 1. The monoisotopic (exact) mass is 253 g/mol. The maximum absolute atomic E-state index is 9.91. The summed E-state index contributed by atoms with van der Waals surface area (Å²) in [5.41, 5.74) is 0.975. The number of para-hydroxylation sites is 1. The summed E-state index contributed by atoms with van der Waals surface area (Å²) >= 11 is 0. The minimum absolute atomic E-state index is 0.454. The Morgan fingerprint density at radius 2 is 2.11 bits per heavy atom. The average molecular weight is 253 g/mol. The second-order valence-corrected chi connectivity index (χ2v) is 4.59. The van der Waals surface area contributed by atoms with E-state index in [4.69, 9.17) is 6.42 Å². The Morgan fingerprint density at radius 3 is 2.74 bits per heavy atom. The molecule has 4 heteroatoms. The molecule has 2 heterocycles. The second-order valence-electron chi connectivity index (χ2n) is 4.59. The Hall–Kier alpha value is -2.25. The van der Waals surface area contributed by atoms with Crippen LogP contribution in [0.3, 0.4) is 0 Å². The van der Waals surface area contributed by atoms with Crippen molar-refractivity contribution in [2.45, 2.75) is 19.1 Å². The fourth-order valence-corrected chi connectivity index (χ4v) is 2.41. The summed E-state index contributed by atoms with van der Waals surface area (Å²) in [5, 5.41) is 9.91. The molecule has 0 aliphatic carbocycles. The van der Waals surface area contributed by atoms with Crippen molar-refractivity contribution in [1.82, 2.24) is 9.55 Å². The molecule has 1 saturated heterocycles. The number of imidazole rings is 1. The predicted octanol–water partition coefficient (Wildman–Crippen LogP) is 1.77. The number of nitrogens with zero attached hydrogens (tertiary/aromatic N) is 3. The molecule has 0 spiro atoms. The first kappa shape index (κ1) is 11.8. The molecule has 0 saturated carbocycles. The van der Waals surface area contributed by atoms with E-state index in [2.05, 4.69) is 10.9 Å². The smallest absolute Gasteiger partial charge is 0.191 e. The minimum atomic E-state index is -0.454. The van der Waals surface area contributed by atoms with Gasteiger partial charge in [-0.25, -0.2) is 4.98 Å². The molecule has 1 atom stereocenters. The van der Waals surface area contributed by atoms with Gasteiger partial charge in [0, 0.05) is 12.2 Å². The van der Waals surface area contributed by atoms with E-state index in [9.17, 15) is 5.11 Å². The first-order valence-electron chi connectivity index (χ1n) is 6.36. The topological polar surface area (TPSA) is 41.3 Å². The molecular formula is C15H15N3O. The number of benzene rings is 1. The highest BCUT2D eigenvalue weighted by Gasteiger charge is 2.25. The largest absolute Gasteiger partial charge is 0.374 e. The fraction of sp³-hybridized carbons (Fsp3) is 0.267. The van der Waals surface area contributed by atoms with Crippen LogP contribution in [0.4, 0.5) is 5.82 Å². The Bertz CT molecular complexity index is 612. The molecule has 2 aromatic rings. The van der Waals surface area contributed by atoms with Crippen LogP contribution < -0.4 is 4.90 Å². The molecule has 1 aromatic carbocycles. The zero-order valence-electron chi connectivity index (χ0n) is 10.5. The van der Waals surface area contributed by atoms with Crippen LogP contribution in [0.15, 0.2) is 36.5 Å². The van der Waals surface area contributed by atoms with Gasteiger partial charge in [-0.2, -0.15) is 0 Å². The average Bonchev–Trinajstić information content (AvgIpc) is 3.05. The predicted molar refractivity (Wildman–Crippen MR) is 74.1 cm³/mol. The third-order valence-corrected chi connectivity index (χ3v) is 3.37. The van der Waals surface area contributed by atoms with Crippen molar-refractivity contribution < 1.29 is 5.11 Å². The number of aromatic nitrogens is 2. The summed E-state index contributed by atoms with van der Waals surface area (Å²) in [6, 6.07) is 9.83. The highest BCUT2D eigenvalue weighted by molar-refractivity contribution is 5.47. The number of anilines is 1. The normalized spacial score (nSPS) is 18.5. The Balaban J connectivity index is 2.02. The van der Waals surface area contributed by atoms with Gasteiger partial charge in [0.05, 0.1) is 6.20 Å². The molecule has 96 valence electrons. The van der Waals surface area contributed by atoms with E-state index in [1.165, 1.54) is 0 Å². The summed E-state index contributed by atoms with van der Waals surface area (Å²) in [5.74, 6) is 3.89. The molecule has 4 nitrogen and oxygen atoms in total. The maximum Gasteiger partial charge on any atom is 0.191 e. The second kappa shape index (κ2) is 4.79. The van der Waals surface area contributed by atoms with Crippen molar-refractivity contribution in [3.05, 3.63) is 42.4 Å². The van der Waals surface area contributed by atoms with Gasteiger partial charge in [0.2, 0.25) is 0 Å². The molecule has 1 unspecified atom stereocenters. The molecule has 0 amide bonds. The lowest BCUT2D eigenvalue weighted by atomic mass is 10.3. The zero-order valence-corrected chi connectivity index (χ0v) is 10.5. The van der Waals surface area contributed by atoms with E-state index < -0.39 is 6.23 Å². The van der Waals surface area contributed by atoms with Crippen LogP contribution in [-0.4, -0.2) is 27.4 Å². The van der Waals surface area contributed by atoms with Crippen molar-refractivity contribution in [1.29, 1.82) is 0 Å². The summed E-state index contributed by atoms with van der Waals surface area (Å²) in [6.07, 6.45) is 8.71. The van der Waals surface area contributed by atoms with Gasteiger partial charge in [0.15, 0.2) is 11.6 Å². The van der Waals surface area contributed by atoms with Gasteiger partial charge in [0.25, 0.3) is 0 Å². The van der Waals surface area contributed by atoms with Gasteiger partial charge >= 0.3 is 0 Å². The quantitative estimate of drug-likeness (QED) is 0.829. The minimum Gasteiger partial charge on any atom is -0.374 e. The van der Waals surface area contributed by atoms with Gasteiger partial charge in [-0.1, -0.05) is 18.2 Å². The van der Waals surface area contributed by atoms with Crippen LogP contribution in [0.25, 0.3) is 5.69 Å². The summed E-state index contributed by atoms with van der Waals surface area (Å²) in [6.45, 7) is 0.816. The van der Waals surface area contributed by atoms with Crippen molar-refractivity contribution in [2.24, 2.45) is 0 Å². The van der Waals surface area contributed by atoms with E-state index in [1.54, 1.807) is 0 Å². The number of rotatable bonds is 2. The van der Waals surface area contributed by atoms with Crippen molar-refractivity contribution in [3.8, 4) is 18.0 Å². The SMILES string of the molecule is C#Cc1nc(N2CCCC2O)cn1-c1ccccc1. The van der Waals surface area contributed by atoms with Gasteiger partial charge in [-0.3, -0.25) is 4.57 Å². The van der Waals surface area contributed by atoms with E-state index in [-0.39, 0.29) is 0 Å². The highest BCUT2D eigenvalue weighted by Crippen LogP contribution is 2.24. The number of hydrogen-bond acceptors (Lipinski definition) is 3. The molecule has 19 heavy (non-hydrogen) atoms. The summed E-state index contributed by atoms with van der Waals surface area (Å²) in [4.78, 5) is 6.32. The van der Waals surface area contributed by atoms with Crippen LogP contribution in [0, 0.1) is 12.3 Å². The van der Waals surface area contributed by atoms with E-state index in [0.29, 0.717) is 5.82 Å². The van der Waals surface area contributed by atoms with Crippen LogP contribution in [0.2, 0.25) is 0 Å². The molecule has 1 aliphatic rings. The zero-order chi connectivity index (χ0) is 13.2. The lowest BCUT2D eigenvalue weighted by Gasteiger charge is -2.18. The van der Waals surface area contributed by atoms with Crippen molar-refractivity contribution in [2.75, 3.05) is 11.4 Å². The third kappa shape index (κ3) is 2.09. The molecule has 0 radical (unpaired) electrons. The standard InChI is InChI=1S/C15H15N3O/c1-2-13-16-14(17-10-6-9-15(17)19)11-18(13)12-7-4-3-5-8-12/h1,3-5,7-8,11,15,19H,6,9-10H2. The van der Waals surface area contributed by atoms with E-state index in [0.717, 1.165) is 30.9 Å². The van der Waals surface area contributed by atoms with Gasteiger partial charge < -0.3 is 10.0 Å². The Labute approximate surface area is 112 Å². The molecule has 1 aliphatic heterocycles. The van der Waals surface area contributed by atoms with Crippen LogP contribution >= 0.6 is 0 Å². The molecule has 1 fully saturated rings. The van der Waals surface area contributed by atoms with Crippen molar-refractivity contribution in [3.63, 3.8) is 0 Å². The number of aliphatic hydroxyl groups excluding tert-OH is 1. The Morgan fingerprint density at radius 1 is 1.32 bits per heavy atom. The Kier molecular flexibility index (Phi) is 2.98. The van der Waals surface area contributed by atoms with Gasteiger partial charge in [-0.15, -0.1) is 6.42 Å². The van der Waals surface area contributed by atoms with Crippen LogP contribution in [0.5, 0.6) is 0 Å². The molecule has 1 N–H and O–H groups in total. The number of terminal acetylenes is 1. The maximum atomic E-state index is 9.91. The molecule has 1 aromatic heterocycles. The number of hydrogen-bond donors (Lipinski definition) is 1.